The number of carbonyl (C=O) groups is 1. The van der Waals surface area contributed by atoms with E-state index in [0.717, 1.165) is 29.0 Å². The fourth-order valence-corrected chi connectivity index (χ4v) is 2.11. The molecule has 3 heteroatoms. The molecule has 2 rings (SSSR count). The molecule has 104 valence electrons. The van der Waals surface area contributed by atoms with Gasteiger partial charge in [-0.2, -0.15) is 0 Å². The van der Waals surface area contributed by atoms with Crippen LogP contribution in [0.5, 0.6) is 0 Å². The van der Waals surface area contributed by atoms with Gasteiger partial charge < -0.3 is 10.6 Å². The van der Waals surface area contributed by atoms with Gasteiger partial charge in [0.1, 0.15) is 0 Å². The molecule has 0 aliphatic carbocycles. The van der Waals surface area contributed by atoms with Crippen LogP contribution in [0.15, 0.2) is 42.5 Å². The second kappa shape index (κ2) is 6.24. The summed E-state index contributed by atoms with van der Waals surface area (Å²) in [6, 6.07) is 13.6. The maximum absolute atomic E-state index is 12.4. The average molecular weight is 268 g/mol. The van der Waals surface area contributed by atoms with Crippen LogP contribution in [0.4, 0.5) is 11.4 Å². The first kappa shape index (κ1) is 14.1. The smallest absolute Gasteiger partial charge is 0.257 e. The lowest BCUT2D eigenvalue weighted by molar-refractivity contribution is 0.102. The molecule has 3 nitrogen and oxygen atoms in total. The average Bonchev–Trinajstić information content (AvgIpc) is 2.39. The summed E-state index contributed by atoms with van der Waals surface area (Å²) >= 11 is 0. The molecule has 0 saturated heterocycles. The molecule has 2 N–H and O–H groups in total. The second-order valence-electron chi connectivity index (χ2n) is 4.90. The molecule has 20 heavy (non-hydrogen) atoms. The molecule has 0 radical (unpaired) electrons. The fourth-order valence-electron chi connectivity index (χ4n) is 2.11. The molecule has 2 aromatic carbocycles. The van der Waals surface area contributed by atoms with Crippen molar-refractivity contribution in [2.24, 2.45) is 0 Å². The van der Waals surface area contributed by atoms with Crippen molar-refractivity contribution < 1.29 is 4.79 Å². The molecule has 0 unspecified atom stereocenters. The molecule has 0 aromatic heterocycles. The van der Waals surface area contributed by atoms with Gasteiger partial charge in [0.05, 0.1) is 5.56 Å². The zero-order valence-electron chi connectivity index (χ0n) is 12.2. The highest BCUT2D eigenvalue weighted by molar-refractivity contribution is 6.08. The van der Waals surface area contributed by atoms with Gasteiger partial charge in [0, 0.05) is 17.9 Å². The molecule has 0 heterocycles. The Balaban J connectivity index is 2.24. The van der Waals surface area contributed by atoms with Crippen molar-refractivity contribution in [2.75, 3.05) is 17.2 Å². The highest BCUT2D eigenvalue weighted by Crippen LogP contribution is 2.19. The van der Waals surface area contributed by atoms with E-state index in [1.165, 1.54) is 0 Å². The van der Waals surface area contributed by atoms with Gasteiger partial charge >= 0.3 is 0 Å². The lowest BCUT2D eigenvalue weighted by atomic mass is 10.1. The minimum Gasteiger partial charge on any atom is -0.385 e. The predicted octanol–water partition coefficient (Wildman–Crippen LogP) is 3.99. The van der Waals surface area contributed by atoms with Crippen LogP contribution in [0, 0.1) is 13.8 Å². The second-order valence-corrected chi connectivity index (χ2v) is 4.90. The number of hydrogen-bond donors (Lipinski definition) is 2. The summed E-state index contributed by atoms with van der Waals surface area (Å²) in [5.41, 5.74) is 4.61. The number of amides is 1. The Hall–Kier alpha value is -2.29. The van der Waals surface area contributed by atoms with E-state index >= 15 is 0 Å². The fraction of sp³-hybridized carbons (Fsp3) is 0.235. The van der Waals surface area contributed by atoms with Gasteiger partial charge in [0.25, 0.3) is 5.91 Å². The van der Waals surface area contributed by atoms with E-state index in [1.807, 2.05) is 63.2 Å². The maximum Gasteiger partial charge on any atom is 0.257 e. The van der Waals surface area contributed by atoms with Crippen molar-refractivity contribution in [2.45, 2.75) is 20.8 Å². The third kappa shape index (κ3) is 3.38. The summed E-state index contributed by atoms with van der Waals surface area (Å²) in [5, 5.41) is 6.17. The van der Waals surface area contributed by atoms with Gasteiger partial charge in [-0.15, -0.1) is 0 Å². The van der Waals surface area contributed by atoms with Crippen LogP contribution in [-0.2, 0) is 0 Å². The Morgan fingerprint density at radius 1 is 1.05 bits per heavy atom. The Morgan fingerprint density at radius 3 is 2.50 bits per heavy atom. The zero-order valence-corrected chi connectivity index (χ0v) is 12.2. The van der Waals surface area contributed by atoms with Crippen molar-refractivity contribution in [3.63, 3.8) is 0 Å². The minimum atomic E-state index is -0.0912. The molecule has 0 aliphatic rings. The largest absolute Gasteiger partial charge is 0.385 e. The van der Waals surface area contributed by atoms with E-state index in [4.69, 9.17) is 0 Å². The Bertz CT molecular complexity index is 620. The Labute approximate surface area is 120 Å². The van der Waals surface area contributed by atoms with Crippen molar-refractivity contribution in [3.8, 4) is 0 Å². The standard InChI is InChI=1S/C17H20N2O/c1-4-18-16-11-13(3)8-9-15(16)17(20)19-14-7-5-6-12(2)10-14/h5-11,18H,4H2,1-3H3,(H,19,20). The number of anilines is 2. The van der Waals surface area contributed by atoms with Crippen LogP contribution in [-0.4, -0.2) is 12.5 Å². The predicted molar refractivity (Wildman–Crippen MR) is 84.5 cm³/mol. The number of benzene rings is 2. The van der Waals surface area contributed by atoms with Crippen molar-refractivity contribution in [1.82, 2.24) is 0 Å². The van der Waals surface area contributed by atoms with Gasteiger partial charge in [-0.25, -0.2) is 0 Å². The molecule has 0 bridgehead atoms. The molecule has 0 fully saturated rings. The highest BCUT2D eigenvalue weighted by Gasteiger charge is 2.11. The van der Waals surface area contributed by atoms with E-state index in [0.29, 0.717) is 5.56 Å². The first-order chi connectivity index (χ1) is 9.60. The molecular weight excluding hydrogens is 248 g/mol. The Kier molecular flexibility index (Phi) is 4.41. The van der Waals surface area contributed by atoms with Gasteiger partial charge in [-0.05, 0) is 56.2 Å². The van der Waals surface area contributed by atoms with Gasteiger partial charge in [-0.1, -0.05) is 18.2 Å². The molecule has 0 saturated carbocycles. The zero-order chi connectivity index (χ0) is 14.5. The summed E-state index contributed by atoms with van der Waals surface area (Å²) in [5.74, 6) is -0.0912. The van der Waals surface area contributed by atoms with Crippen LogP contribution < -0.4 is 10.6 Å². The van der Waals surface area contributed by atoms with Gasteiger partial charge in [0.15, 0.2) is 0 Å². The van der Waals surface area contributed by atoms with Crippen LogP contribution in [0.1, 0.15) is 28.4 Å². The molecule has 0 atom stereocenters. The lowest BCUT2D eigenvalue weighted by Gasteiger charge is -2.12. The van der Waals surface area contributed by atoms with Crippen LogP contribution in [0.25, 0.3) is 0 Å². The van der Waals surface area contributed by atoms with Crippen LogP contribution in [0.3, 0.4) is 0 Å². The molecule has 2 aromatic rings. The third-order valence-corrected chi connectivity index (χ3v) is 3.06. The highest BCUT2D eigenvalue weighted by atomic mass is 16.1. The Morgan fingerprint density at radius 2 is 1.80 bits per heavy atom. The van der Waals surface area contributed by atoms with Crippen LogP contribution >= 0.6 is 0 Å². The normalized spacial score (nSPS) is 10.2. The number of carbonyl (C=O) groups excluding carboxylic acids is 1. The van der Waals surface area contributed by atoms with E-state index in [-0.39, 0.29) is 5.91 Å². The summed E-state index contributed by atoms with van der Waals surface area (Å²) < 4.78 is 0. The maximum atomic E-state index is 12.4. The van der Waals surface area contributed by atoms with Crippen molar-refractivity contribution in [1.29, 1.82) is 0 Å². The van der Waals surface area contributed by atoms with Crippen molar-refractivity contribution >= 4 is 17.3 Å². The van der Waals surface area contributed by atoms with E-state index < -0.39 is 0 Å². The first-order valence-electron chi connectivity index (χ1n) is 6.82. The number of nitrogens with one attached hydrogen (secondary N) is 2. The molecule has 1 amide bonds. The van der Waals surface area contributed by atoms with E-state index in [2.05, 4.69) is 10.6 Å². The third-order valence-electron chi connectivity index (χ3n) is 3.06. The molecular formula is C17H20N2O. The quantitative estimate of drug-likeness (QED) is 0.880. The summed E-state index contributed by atoms with van der Waals surface area (Å²) in [4.78, 5) is 12.4. The number of hydrogen-bond acceptors (Lipinski definition) is 2. The lowest BCUT2D eigenvalue weighted by Crippen LogP contribution is -2.15. The summed E-state index contributed by atoms with van der Waals surface area (Å²) in [7, 11) is 0. The summed E-state index contributed by atoms with van der Waals surface area (Å²) in [6.07, 6.45) is 0. The topological polar surface area (TPSA) is 41.1 Å². The SMILES string of the molecule is CCNc1cc(C)ccc1C(=O)Nc1cccc(C)c1. The number of aryl methyl sites for hydroxylation is 2. The minimum absolute atomic E-state index is 0.0912. The van der Waals surface area contributed by atoms with Crippen molar-refractivity contribution in [3.05, 3.63) is 59.2 Å². The monoisotopic (exact) mass is 268 g/mol. The van der Waals surface area contributed by atoms with E-state index in [1.54, 1.807) is 0 Å². The first-order valence-corrected chi connectivity index (χ1v) is 6.82. The molecule has 0 aliphatic heterocycles. The van der Waals surface area contributed by atoms with E-state index in [9.17, 15) is 4.79 Å². The molecule has 0 spiro atoms. The van der Waals surface area contributed by atoms with Gasteiger partial charge in [0.2, 0.25) is 0 Å². The van der Waals surface area contributed by atoms with Crippen LogP contribution in [0.2, 0.25) is 0 Å². The summed E-state index contributed by atoms with van der Waals surface area (Å²) in [6.45, 7) is 6.83. The number of rotatable bonds is 4. The van der Waals surface area contributed by atoms with Gasteiger partial charge in [-0.3, -0.25) is 4.79 Å².